The molecular formula is C25H26ClN3O3. The summed E-state index contributed by atoms with van der Waals surface area (Å²) in [6, 6.07) is 20.5. The number of carbonyl (C=O) groups excluding carboxylic acids is 1. The maximum Gasteiger partial charge on any atom is 0.337 e. The normalized spacial score (nSPS) is 11.1. The summed E-state index contributed by atoms with van der Waals surface area (Å²) < 4.78 is 10.3. The van der Waals surface area contributed by atoms with Gasteiger partial charge >= 0.3 is 5.97 Å². The van der Waals surface area contributed by atoms with Gasteiger partial charge in [-0.2, -0.15) is 0 Å². The van der Waals surface area contributed by atoms with Crippen molar-refractivity contribution < 1.29 is 14.3 Å². The van der Waals surface area contributed by atoms with E-state index in [1.54, 1.807) is 12.1 Å². The Morgan fingerprint density at radius 1 is 1.03 bits per heavy atom. The van der Waals surface area contributed by atoms with Gasteiger partial charge in [0.05, 0.1) is 30.7 Å². The summed E-state index contributed by atoms with van der Waals surface area (Å²) in [7, 11) is 1.36. The number of aliphatic imine (C=N–C) groups is 1. The highest BCUT2D eigenvalue weighted by atomic mass is 35.5. The van der Waals surface area contributed by atoms with E-state index in [4.69, 9.17) is 26.1 Å². The molecule has 3 aromatic rings. The molecule has 0 amide bonds. The number of benzene rings is 3. The van der Waals surface area contributed by atoms with Crippen molar-refractivity contribution in [3.63, 3.8) is 0 Å². The van der Waals surface area contributed by atoms with Gasteiger partial charge in [0, 0.05) is 17.3 Å². The summed E-state index contributed by atoms with van der Waals surface area (Å²) in [6.45, 7) is 5.02. The summed E-state index contributed by atoms with van der Waals surface area (Å²) in [4.78, 5) is 16.7. The standard InChI is InChI=1S/C25H26ClN3O3/c1-4-32-22-12-10-21(11-13-22)28-17(2)29-24-15-19(25(30)31-3)7-14-23(24)27-16-18-5-8-20(26)9-6-18/h5-15,27H,4,16H2,1-3H3,(H,28,29). The lowest BCUT2D eigenvalue weighted by atomic mass is 10.1. The number of amidine groups is 1. The molecule has 0 radical (unpaired) electrons. The molecule has 0 aliphatic heterocycles. The quantitative estimate of drug-likeness (QED) is 0.239. The molecule has 6 nitrogen and oxygen atoms in total. The van der Waals surface area contributed by atoms with E-state index in [1.165, 1.54) is 7.11 Å². The average Bonchev–Trinajstić information content (AvgIpc) is 2.80. The fraction of sp³-hybridized carbons (Fsp3) is 0.200. The van der Waals surface area contributed by atoms with E-state index < -0.39 is 5.97 Å². The van der Waals surface area contributed by atoms with Crippen LogP contribution in [0.2, 0.25) is 5.02 Å². The third-order valence-electron chi connectivity index (χ3n) is 4.59. The van der Waals surface area contributed by atoms with Gasteiger partial charge in [-0.1, -0.05) is 23.7 Å². The van der Waals surface area contributed by atoms with Gasteiger partial charge in [-0.05, 0) is 74.0 Å². The smallest absolute Gasteiger partial charge is 0.337 e. The molecule has 166 valence electrons. The van der Waals surface area contributed by atoms with Gasteiger partial charge in [-0.25, -0.2) is 9.79 Å². The van der Waals surface area contributed by atoms with E-state index in [1.807, 2.05) is 68.4 Å². The van der Waals surface area contributed by atoms with Crippen LogP contribution >= 0.6 is 11.6 Å². The molecule has 0 aliphatic carbocycles. The number of halogens is 1. The second-order valence-electron chi connectivity index (χ2n) is 6.98. The second-order valence-corrected chi connectivity index (χ2v) is 7.42. The molecule has 0 fully saturated rings. The minimum atomic E-state index is -0.414. The van der Waals surface area contributed by atoms with Crippen molar-refractivity contribution in [2.75, 3.05) is 24.4 Å². The van der Waals surface area contributed by atoms with Crippen LogP contribution in [0.3, 0.4) is 0 Å². The van der Waals surface area contributed by atoms with Gasteiger partial charge in [-0.15, -0.1) is 0 Å². The summed E-state index contributed by atoms with van der Waals surface area (Å²) in [5, 5.41) is 7.33. The van der Waals surface area contributed by atoms with Crippen LogP contribution in [0.1, 0.15) is 29.8 Å². The van der Waals surface area contributed by atoms with Crippen LogP contribution in [0.5, 0.6) is 5.75 Å². The molecule has 7 heteroatoms. The van der Waals surface area contributed by atoms with E-state index in [2.05, 4.69) is 10.6 Å². The Labute approximate surface area is 193 Å². The lowest BCUT2D eigenvalue weighted by Gasteiger charge is -2.13. The van der Waals surface area contributed by atoms with Crippen molar-refractivity contribution in [3.8, 4) is 5.75 Å². The molecule has 0 heterocycles. The molecule has 2 N–H and O–H groups in total. The van der Waals surface area contributed by atoms with Crippen molar-refractivity contribution in [1.29, 1.82) is 0 Å². The molecule has 32 heavy (non-hydrogen) atoms. The predicted molar refractivity (Wildman–Crippen MR) is 131 cm³/mol. The maximum absolute atomic E-state index is 12.0. The number of anilines is 2. The van der Waals surface area contributed by atoms with Gasteiger partial charge in [0.25, 0.3) is 0 Å². The van der Waals surface area contributed by atoms with E-state index in [0.29, 0.717) is 35.3 Å². The zero-order chi connectivity index (χ0) is 22.9. The van der Waals surface area contributed by atoms with Gasteiger partial charge < -0.3 is 20.1 Å². The molecule has 3 rings (SSSR count). The SMILES string of the molecule is CCOc1ccc(NC(C)=Nc2cc(C(=O)OC)ccc2NCc2ccc(Cl)cc2)cc1. The molecule has 0 bridgehead atoms. The zero-order valence-corrected chi connectivity index (χ0v) is 19.1. The predicted octanol–water partition coefficient (Wildman–Crippen LogP) is 6.30. The van der Waals surface area contributed by atoms with Crippen molar-refractivity contribution in [2.24, 2.45) is 4.99 Å². The molecule has 0 atom stereocenters. The van der Waals surface area contributed by atoms with Crippen molar-refractivity contribution in [2.45, 2.75) is 20.4 Å². The maximum atomic E-state index is 12.0. The average molecular weight is 452 g/mol. The lowest BCUT2D eigenvalue weighted by molar-refractivity contribution is 0.0601. The van der Waals surface area contributed by atoms with Crippen LogP contribution in [0.25, 0.3) is 0 Å². The Kier molecular flexibility index (Phi) is 8.11. The Balaban J connectivity index is 1.81. The fourth-order valence-electron chi connectivity index (χ4n) is 3.04. The lowest BCUT2D eigenvalue weighted by Crippen LogP contribution is -2.08. The van der Waals surface area contributed by atoms with E-state index >= 15 is 0 Å². The number of esters is 1. The Morgan fingerprint density at radius 2 is 1.75 bits per heavy atom. The van der Waals surface area contributed by atoms with Gasteiger partial charge in [0.15, 0.2) is 0 Å². The molecule has 0 saturated carbocycles. The van der Waals surface area contributed by atoms with Crippen LogP contribution in [0.4, 0.5) is 17.1 Å². The van der Waals surface area contributed by atoms with Gasteiger partial charge in [0.2, 0.25) is 0 Å². The molecule has 0 aliphatic rings. The first-order valence-corrected chi connectivity index (χ1v) is 10.6. The van der Waals surface area contributed by atoms with Gasteiger partial charge in [-0.3, -0.25) is 0 Å². The number of nitrogens with zero attached hydrogens (tertiary/aromatic N) is 1. The van der Waals surface area contributed by atoms with E-state index in [0.717, 1.165) is 22.7 Å². The third kappa shape index (κ3) is 6.49. The molecule has 3 aromatic carbocycles. The molecule has 0 aromatic heterocycles. The highest BCUT2D eigenvalue weighted by molar-refractivity contribution is 6.30. The number of carbonyl (C=O) groups is 1. The Bertz CT molecular complexity index is 1080. The minimum Gasteiger partial charge on any atom is -0.494 e. The summed E-state index contributed by atoms with van der Waals surface area (Å²) >= 11 is 5.97. The Hall–Kier alpha value is -3.51. The fourth-order valence-corrected chi connectivity index (χ4v) is 3.16. The minimum absolute atomic E-state index is 0.414. The number of rotatable bonds is 8. The molecule has 0 spiro atoms. The van der Waals surface area contributed by atoms with Crippen LogP contribution in [-0.2, 0) is 11.3 Å². The zero-order valence-electron chi connectivity index (χ0n) is 18.3. The van der Waals surface area contributed by atoms with E-state index in [9.17, 15) is 4.79 Å². The largest absolute Gasteiger partial charge is 0.494 e. The second kappa shape index (κ2) is 11.2. The van der Waals surface area contributed by atoms with Crippen LogP contribution < -0.4 is 15.4 Å². The number of nitrogens with one attached hydrogen (secondary N) is 2. The first-order valence-electron chi connectivity index (χ1n) is 10.2. The number of hydrogen-bond acceptors (Lipinski definition) is 5. The third-order valence-corrected chi connectivity index (χ3v) is 4.85. The first kappa shape index (κ1) is 23.2. The summed E-state index contributed by atoms with van der Waals surface area (Å²) in [5.74, 6) is 1.07. The van der Waals surface area contributed by atoms with Crippen molar-refractivity contribution >= 4 is 40.5 Å². The monoisotopic (exact) mass is 451 g/mol. The van der Waals surface area contributed by atoms with Crippen LogP contribution in [0.15, 0.2) is 71.7 Å². The summed E-state index contributed by atoms with van der Waals surface area (Å²) in [6.07, 6.45) is 0. The molecule has 0 unspecified atom stereocenters. The first-order chi connectivity index (χ1) is 15.5. The van der Waals surface area contributed by atoms with Crippen molar-refractivity contribution in [3.05, 3.63) is 82.9 Å². The number of ether oxygens (including phenoxy) is 2. The number of methoxy groups -OCH3 is 1. The number of hydrogen-bond donors (Lipinski definition) is 2. The van der Waals surface area contributed by atoms with Crippen LogP contribution in [0, 0.1) is 0 Å². The summed E-state index contributed by atoms with van der Waals surface area (Å²) in [5.41, 5.74) is 3.80. The van der Waals surface area contributed by atoms with Gasteiger partial charge in [0.1, 0.15) is 11.6 Å². The topological polar surface area (TPSA) is 72.0 Å². The molecular weight excluding hydrogens is 426 g/mol. The highest BCUT2D eigenvalue weighted by Gasteiger charge is 2.10. The van der Waals surface area contributed by atoms with E-state index in [-0.39, 0.29) is 0 Å². The van der Waals surface area contributed by atoms with Crippen molar-refractivity contribution in [1.82, 2.24) is 0 Å². The Morgan fingerprint density at radius 3 is 2.41 bits per heavy atom. The van der Waals surface area contributed by atoms with Crippen LogP contribution in [-0.4, -0.2) is 25.5 Å². The molecule has 0 saturated heterocycles. The highest BCUT2D eigenvalue weighted by Crippen LogP contribution is 2.28.